The van der Waals surface area contributed by atoms with E-state index in [-0.39, 0.29) is 5.91 Å². The molecule has 0 aliphatic carbocycles. The fourth-order valence-electron chi connectivity index (χ4n) is 2.40. The molecule has 100 valence electrons. The summed E-state index contributed by atoms with van der Waals surface area (Å²) in [7, 11) is 1.89. The number of fused-ring (bicyclic) bond motifs is 1. The zero-order valence-electron chi connectivity index (χ0n) is 11.5. The van der Waals surface area contributed by atoms with Crippen LogP contribution < -0.4 is 9.80 Å². The molecule has 4 heteroatoms. The Labute approximate surface area is 114 Å². The van der Waals surface area contributed by atoms with E-state index in [1.165, 1.54) is 0 Å². The molecule has 0 saturated carbocycles. The SMILES string of the molecule is CCCCCN1C(=O)CN(C)c2cc(C#N)ccc21. The predicted octanol–water partition coefficient (Wildman–Crippen LogP) is 2.53. The molecular weight excluding hydrogens is 238 g/mol. The number of unbranched alkanes of at least 4 members (excludes halogenated alkanes) is 2. The van der Waals surface area contributed by atoms with E-state index in [2.05, 4.69) is 13.0 Å². The molecular formula is C15H19N3O. The van der Waals surface area contributed by atoms with Crippen molar-refractivity contribution in [1.29, 1.82) is 5.26 Å². The Morgan fingerprint density at radius 1 is 1.32 bits per heavy atom. The molecule has 4 nitrogen and oxygen atoms in total. The van der Waals surface area contributed by atoms with Crippen LogP contribution in [0.1, 0.15) is 31.7 Å². The summed E-state index contributed by atoms with van der Waals surface area (Å²) in [4.78, 5) is 15.9. The van der Waals surface area contributed by atoms with Crippen LogP contribution in [0, 0.1) is 11.3 Å². The number of benzene rings is 1. The van der Waals surface area contributed by atoms with E-state index >= 15 is 0 Å². The molecule has 0 aromatic heterocycles. The summed E-state index contributed by atoms with van der Waals surface area (Å²) in [6, 6.07) is 7.66. The van der Waals surface area contributed by atoms with Crippen molar-refractivity contribution in [3.8, 4) is 6.07 Å². The minimum absolute atomic E-state index is 0.135. The van der Waals surface area contributed by atoms with Crippen molar-refractivity contribution in [3.05, 3.63) is 23.8 Å². The molecule has 2 rings (SSSR count). The van der Waals surface area contributed by atoms with Crippen molar-refractivity contribution in [1.82, 2.24) is 0 Å². The van der Waals surface area contributed by atoms with Crippen molar-refractivity contribution in [3.63, 3.8) is 0 Å². The maximum Gasteiger partial charge on any atom is 0.246 e. The smallest absolute Gasteiger partial charge is 0.246 e. The monoisotopic (exact) mass is 257 g/mol. The van der Waals surface area contributed by atoms with E-state index in [4.69, 9.17) is 5.26 Å². The van der Waals surface area contributed by atoms with Crippen LogP contribution in [0.3, 0.4) is 0 Å². The van der Waals surface area contributed by atoms with Crippen LogP contribution in [0.15, 0.2) is 18.2 Å². The lowest BCUT2D eigenvalue weighted by atomic mass is 10.1. The normalized spacial score (nSPS) is 14.3. The van der Waals surface area contributed by atoms with Gasteiger partial charge in [0.15, 0.2) is 0 Å². The number of nitrogens with zero attached hydrogens (tertiary/aromatic N) is 3. The van der Waals surface area contributed by atoms with Crippen LogP contribution >= 0.6 is 0 Å². The second-order valence-electron chi connectivity index (χ2n) is 4.92. The number of hydrogen-bond acceptors (Lipinski definition) is 3. The quantitative estimate of drug-likeness (QED) is 0.779. The minimum atomic E-state index is 0.135. The van der Waals surface area contributed by atoms with E-state index in [9.17, 15) is 4.79 Å². The third-order valence-corrected chi connectivity index (χ3v) is 3.47. The lowest BCUT2D eigenvalue weighted by Gasteiger charge is -2.35. The average Bonchev–Trinajstić information content (AvgIpc) is 2.42. The highest BCUT2D eigenvalue weighted by Crippen LogP contribution is 2.33. The van der Waals surface area contributed by atoms with Crippen LogP contribution in [0.4, 0.5) is 11.4 Å². The number of carbonyl (C=O) groups is 1. The average molecular weight is 257 g/mol. The van der Waals surface area contributed by atoms with Gasteiger partial charge in [0.05, 0.1) is 29.6 Å². The zero-order valence-corrected chi connectivity index (χ0v) is 11.5. The van der Waals surface area contributed by atoms with E-state index in [1.807, 2.05) is 29.0 Å². The Kier molecular flexibility index (Phi) is 4.06. The first-order chi connectivity index (χ1) is 9.17. The van der Waals surface area contributed by atoms with Gasteiger partial charge in [-0.1, -0.05) is 19.8 Å². The fourth-order valence-corrected chi connectivity index (χ4v) is 2.40. The number of rotatable bonds is 4. The summed E-state index contributed by atoms with van der Waals surface area (Å²) in [6.07, 6.45) is 3.29. The highest BCUT2D eigenvalue weighted by Gasteiger charge is 2.26. The van der Waals surface area contributed by atoms with Gasteiger partial charge in [0.25, 0.3) is 0 Å². The molecule has 1 aliphatic rings. The second-order valence-corrected chi connectivity index (χ2v) is 4.92. The van der Waals surface area contributed by atoms with Gasteiger partial charge in [0.1, 0.15) is 0 Å². The molecule has 1 aromatic carbocycles. The first-order valence-electron chi connectivity index (χ1n) is 6.73. The van der Waals surface area contributed by atoms with Gasteiger partial charge in [0.2, 0.25) is 5.91 Å². The Balaban J connectivity index is 2.30. The summed E-state index contributed by atoms with van der Waals surface area (Å²) in [5.41, 5.74) is 2.53. The summed E-state index contributed by atoms with van der Waals surface area (Å²) >= 11 is 0. The van der Waals surface area contributed by atoms with Gasteiger partial charge < -0.3 is 9.80 Å². The number of amides is 1. The van der Waals surface area contributed by atoms with Crippen LogP contribution in [0.5, 0.6) is 0 Å². The first kappa shape index (κ1) is 13.4. The molecule has 0 spiro atoms. The van der Waals surface area contributed by atoms with Gasteiger partial charge >= 0.3 is 0 Å². The highest BCUT2D eigenvalue weighted by atomic mass is 16.2. The van der Waals surface area contributed by atoms with Crippen molar-refractivity contribution < 1.29 is 4.79 Å². The summed E-state index contributed by atoms with van der Waals surface area (Å²) < 4.78 is 0. The Hall–Kier alpha value is -2.02. The molecule has 0 saturated heterocycles. The summed E-state index contributed by atoms with van der Waals surface area (Å²) in [6.45, 7) is 3.30. The molecule has 1 aromatic rings. The molecule has 0 bridgehead atoms. The second kappa shape index (κ2) is 5.75. The minimum Gasteiger partial charge on any atom is -0.364 e. The van der Waals surface area contributed by atoms with Crippen molar-refractivity contribution in [2.45, 2.75) is 26.2 Å². The maximum absolute atomic E-state index is 12.1. The summed E-state index contributed by atoms with van der Waals surface area (Å²) in [5, 5.41) is 8.97. The van der Waals surface area contributed by atoms with E-state index in [0.29, 0.717) is 12.1 Å². The standard InChI is InChI=1S/C15H19N3O/c1-3-4-5-8-18-13-7-6-12(10-16)9-14(13)17(2)11-15(18)19/h6-7,9H,3-5,8,11H2,1-2H3. The van der Waals surface area contributed by atoms with Crippen LogP contribution in [0.2, 0.25) is 0 Å². The third-order valence-electron chi connectivity index (χ3n) is 3.47. The zero-order chi connectivity index (χ0) is 13.8. The molecule has 0 atom stereocenters. The van der Waals surface area contributed by atoms with Crippen LogP contribution in [0.25, 0.3) is 0 Å². The number of anilines is 2. The van der Waals surface area contributed by atoms with E-state index in [1.54, 1.807) is 6.07 Å². The lowest BCUT2D eigenvalue weighted by molar-refractivity contribution is -0.117. The molecule has 0 unspecified atom stereocenters. The Morgan fingerprint density at radius 3 is 2.79 bits per heavy atom. The number of nitriles is 1. The molecule has 1 amide bonds. The Bertz CT molecular complexity index is 519. The van der Waals surface area contributed by atoms with E-state index in [0.717, 1.165) is 37.2 Å². The van der Waals surface area contributed by atoms with Crippen molar-refractivity contribution in [2.75, 3.05) is 29.9 Å². The first-order valence-corrected chi connectivity index (χ1v) is 6.73. The number of carbonyl (C=O) groups excluding carboxylic acids is 1. The number of likely N-dealkylation sites (N-methyl/N-ethyl adjacent to an activating group) is 1. The van der Waals surface area contributed by atoms with Gasteiger partial charge in [-0.15, -0.1) is 0 Å². The fraction of sp³-hybridized carbons (Fsp3) is 0.467. The topological polar surface area (TPSA) is 47.3 Å². The highest BCUT2D eigenvalue weighted by molar-refractivity contribution is 6.03. The van der Waals surface area contributed by atoms with Crippen LogP contribution in [-0.2, 0) is 4.79 Å². The van der Waals surface area contributed by atoms with Crippen LogP contribution in [-0.4, -0.2) is 26.0 Å². The van der Waals surface area contributed by atoms with Crippen molar-refractivity contribution >= 4 is 17.3 Å². The Morgan fingerprint density at radius 2 is 2.11 bits per heavy atom. The molecule has 0 N–H and O–H groups in total. The predicted molar refractivity (Wildman–Crippen MR) is 76.3 cm³/mol. The molecule has 1 aliphatic heterocycles. The summed E-state index contributed by atoms with van der Waals surface area (Å²) in [5.74, 6) is 0.135. The molecule has 0 radical (unpaired) electrons. The van der Waals surface area contributed by atoms with Gasteiger partial charge in [-0.2, -0.15) is 5.26 Å². The molecule has 1 heterocycles. The van der Waals surface area contributed by atoms with Gasteiger partial charge in [-0.25, -0.2) is 0 Å². The molecule has 0 fully saturated rings. The van der Waals surface area contributed by atoms with Gasteiger partial charge in [-0.05, 0) is 24.6 Å². The maximum atomic E-state index is 12.1. The van der Waals surface area contributed by atoms with Gasteiger partial charge in [0, 0.05) is 13.6 Å². The molecule has 19 heavy (non-hydrogen) atoms. The van der Waals surface area contributed by atoms with Gasteiger partial charge in [-0.3, -0.25) is 4.79 Å². The third kappa shape index (κ3) is 2.70. The van der Waals surface area contributed by atoms with Crippen molar-refractivity contribution in [2.24, 2.45) is 0 Å². The lowest BCUT2D eigenvalue weighted by Crippen LogP contribution is -2.44. The largest absolute Gasteiger partial charge is 0.364 e. The van der Waals surface area contributed by atoms with E-state index < -0.39 is 0 Å². The number of hydrogen-bond donors (Lipinski definition) is 0.